The van der Waals surface area contributed by atoms with Gasteiger partial charge in [0.1, 0.15) is 5.82 Å². The van der Waals surface area contributed by atoms with Crippen molar-refractivity contribution < 1.29 is 24.2 Å². The van der Waals surface area contributed by atoms with Crippen LogP contribution in [0.3, 0.4) is 0 Å². The van der Waals surface area contributed by atoms with Crippen molar-refractivity contribution in [1.82, 2.24) is 24.7 Å². The molecule has 0 bridgehead atoms. The molecular weight excluding hydrogens is 558 g/mol. The summed E-state index contributed by atoms with van der Waals surface area (Å²) in [6.45, 7) is 21.0. The van der Waals surface area contributed by atoms with E-state index in [4.69, 9.17) is 9.72 Å². The standard InChI is InChI=1S/C34H57N5O5/c1-10-11-12-13-14-26-25(20-35-31(36-26)34(7,8)9)30(41)38(21-23(2)3)27-19-24(29(40)37-15-17-44-18-16-37)22-39(32(42)43)28(27)33(4,5)6/h20,23-24,27-28H,10-19,21-22H2,1-9H3,(H,42,43)/t24-,27+,28?/m1/s1. The highest BCUT2D eigenvalue weighted by Crippen LogP contribution is 2.38. The number of hydrogen-bond donors (Lipinski definition) is 1. The number of unbranched alkanes of at least 4 members (excludes halogenated alkanes) is 3. The molecule has 0 aromatic carbocycles. The van der Waals surface area contributed by atoms with Gasteiger partial charge in [0.2, 0.25) is 5.91 Å². The number of aryl methyl sites for hydroxylation is 1. The summed E-state index contributed by atoms with van der Waals surface area (Å²) in [4.78, 5) is 56.0. The van der Waals surface area contributed by atoms with E-state index in [0.29, 0.717) is 57.1 Å². The van der Waals surface area contributed by atoms with E-state index in [1.165, 1.54) is 4.90 Å². The Bertz CT molecular complexity index is 1140. The average molecular weight is 616 g/mol. The summed E-state index contributed by atoms with van der Waals surface area (Å²) < 4.78 is 5.46. The molecule has 10 heteroatoms. The summed E-state index contributed by atoms with van der Waals surface area (Å²) in [6, 6.07) is -1.00. The normalized spacial score (nSPS) is 21.5. The van der Waals surface area contributed by atoms with Crippen molar-refractivity contribution in [2.45, 2.75) is 118 Å². The number of ether oxygens (including phenoxy) is 1. The third kappa shape index (κ3) is 8.92. The molecule has 2 aliphatic heterocycles. The molecule has 2 saturated heterocycles. The number of amides is 3. The molecule has 10 nitrogen and oxygen atoms in total. The zero-order chi connectivity index (χ0) is 32.8. The maximum atomic E-state index is 14.7. The molecule has 2 fully saturated rings. The Morgan fingerprint density at radius 3 is 2.27 bits per heavy atom. The minimum absolute atomic E-state index is 0.0664. The molecule has 0 radical (unpaired) electrons. The Kier molecular flexibility index (Phi) is 12.2. The third-order valence-electron chi connectivity index (χ3n) is 8.71. The topological polar surface area (TPSA) is 116 Å². The van der Waals surface area contributed by atoms with Gasteiger partial charge in [-0.25, -0.2) is 14.8 Å². The predicted octanol–water partition coefficient (Wildman–Crippen LogP) is 5.64. The molecule has 3 atom stereocenters. The Morgan fingerprint density at radius 2 is 1.73 bits per heavy atom. The van der Waals surface area contributed by atoms with E-state index in [1.54, 1.807) is 11.1 Å². The van der Waals surface area contributed by atoms with Crippen LogP contribution in [0.25, 0.3) is 0 Å². The van der Waals surface area contributed by atoms with Gasteiger partial charge in [-0.15, -0.1) is 0 Å². The van der Waals surface area contributed by atoms with Gasteiger partial charge in [0.05, 0.1) is 42.5 Å². The largest absolute Gasteiger partial charge is 0.465 e. The van der Waals surface area contributed by atoms with Crippen LogP contribution in [-0.4, -0.2) is 99.2 Å². The van der Waals surface area contributed by atoms with Crippen LogP contribution in [0.2, 0.25) is 0 Å². The maximum absolute atomic E-state index is 14.7. The van der Waals surface area contributed by atoms with Crippen molar-refractivity contribution >= 4 is 17.9 Å². The molecule has 0 saturated carbocycles. The lowest BCUT2D eigenvalue weighted by atomic mass is 9.74. The van der Waals surface area contributed by atoms with Crippen molar-refractivity contribution in [3.8, 4) is 0 Å². The molecule has 44 heavy (non-hydrogen) atoms. The monoisotopic (exact) mass is 615 g/mol. The zero-order valence-corrected chi connectivity index (χ0v) is 28.7. The Hall–Kier alpha value is -2.75. The number of likely N-dealkylation sites (tertiary alicyclic amines) is 1. The number of carboxylic acid groups (broad SMARTS) is 1. The molecule has 0 aliphatic carbocycles. The van der Waals surface area contributed by atoms with Crippen molar-refractivity contribution in [3.05, 3.63) is 23.3 Å². The summed E-state index contributed by atoms with van der Waals surface area (Å²) in [7, 11) is 0. The van der Waals surface area contributed by atoms with E-state index in [2.05, 4.69) is 46.5 Å². The molecule has 3 amide bonds. The van der Waals surface area contributed by atoms with Gasteiger partial charge < -0.3 is 24.5 Å². The van der Waals surface area contributed by atoms with Gasteiger partial charge in [0, 0.05) is 37.8 Å². The Balaban J connectivity index is 2.10. The fourth-order valence-corrected chi connectivity index (χ4v) is 6.60. The molecule has 3 rings (SSSR count). The molecule has 0 spiro atoms. The summed E-state index contributed by atoms with van der Waals surface area (Å²) in [5.74, 6) is 0.0182. The van der Waals surface area contributed by atoms with Gasteiger partial charge in [-0.3, -0.25) is 9.59 Å². The van der Waals surface area contributed by atoms with Crippen molar-refractivity contribution in [2.75, 3.05) is 39.4 Å². The van der Waals surface area contributed by atoms with Crippen LogP contribution in [0.5, 0.6) is 0 Å². The van der Waals surface area contributed by atoms with Gasteiger partial charge in [-0.2, -0.15) is 0 Å². The SMILES string of the molecule is CCCCCCc1nc(C(C)(C)C)ncc1C(=O)N(CC(C)C)[C@H]1C[C@@H](C(=O)N2CCOCC2)CN(C(=O)O)C1C(C)(C)C. The van der Waals surface area contributed by atoms with Crippen LogP contribution in [0, 0.1) is 17.3 Å². The zero-order valence-electron chi connectivity index (χ0n) is 28.7. The van der Waals surface area contributed by atoms with E-state index in [0.717, 1.165) is 31.4 Å². The van der Waals surface area contributed by atoms with Gasteiger partial charge in [-0.1, -0.05) is 81.6 Å². The number of aromatic nitrogens is 2. The van der Waals surface area contributed by atoms with Gasteiger partial charge in [0.25, 0.3) is 5.91 Å². The molecule has 1 unspecified atom stereocenters. The van der Waals surface area contributed by atoms with Crippen LogP contribution in [-0.2, 0) is 21.4 Å². The smallest absolute Gasteiger partial charge is 0.407 e. The minimum Gasteiger partial charge on any atom is -0.465 e. The van der Waals surface area contributed by atoms with Gasteiger partial charge in [-0.05, 0) is 30.6 Å². The number of piperidine rings is 1. The van der Waals surface area contributed by atoms with Crippen molar-refractivity contribution in [1.29, 1.82) is 0 Å². The molecule has 1 N–H and O–H groups in total. The number of hydrogen-bond acceptors (Lipinski definition) is 6. The lowest BCUT2D eigenvalue weighted by Crippen LogP contribution is -2.66. The molecule has 2 aliphatic rings. The van der Waals surface area contributed by atoms with E-state index in [1.807, 2.05) is 25.7 Å². The van der Waals surface area contributed by atoms with Gasteiger partial charge in [0.15, 0.2) is 0 Å². The quantitative estimate of drug-likeness (QED) is 0.339. The first-order valence-corrected chi connectivity index (χ1v) is 16.6. The number of nitrogens with zero attached hydrogens (tertiary/aromatic N) is 5. The first kappa shape index (κ1) is 35.7. The first-order chi connectivity index (χ1) is 20.6. The van der Waals surface area contributed by atoms with Crippen LogP contribution in [0.4, 0.5) is 4.79 Å². The van der Waals surface area contributed by atoms with Crippen LogP contribution in [0.15, 0.2) is 6.20 Å². The van der Waals surface area contributed by atoms with Crippen LogP contribution >= 0.6 is 0 Å². The van der Waals surface area contributed by atoms with E-state index >= 15 is 0 Å². The second-order valence-electron chi connectivity index (χ2n) is 15.1. The number of morpholine rings is 1. The lowest BCUT2D eigenvalue weighted by Gasteiger charge is -2.52. The summed E-state index contributed by atoms with van der Waals surface area (Å²) in [5.41, 5.74) is 0.471. The first-order valence-electron chi connectivity index (χ1n) is 16.6. The molecule has 3 heterocycles. The molecule has 1 aromatic heterocycles. The van der Waals surface area contributed by atoms with Crippen LogP contribution in [0.1, 0.15) is 116 Å². The number of carbonyl (C=O) groups is 3. The number of rotatable bonds is 10. The summed E-state index contributed by atoms with van der Waals surface area (Å²) >= 11 is 0. The summed E-state index contributed by atoms with van der Waals surface area (Å²) in [5, 5.41) is 10.5. The Morgan fingerprint density at radius 1 is 1.07 bits per heavy atom. The van der Waals surface area contributed by atoms with E-state index < -0.39 is 29.5 Å². The number of carbonyl (C=O) groups excluding carboxylic acids is 2. The molecule has 248 valence electrons. The highest BCUT2D eigenvalue weighted by molar-refractivity contribution is 5.95. The van der Waals surface area contributed by atoms with E-state index in [-0.39, 0.29) is 29.7 Å². The predicted molar refractivity (Wildman–Crippen MR) is 172 cm³/mol. The highest BCUT2D eigenvalue weighted by Gasteiger charge is 2.50. The Labute approximate surface area is 264 Å². The van der Waals surface area contributed by atoms with Crippen molar-refractivity contribution in [3.63, 3.8) is 0 Å². The lowest BCUT2D eigenvalue weighted by molar-refractivity contribution is -0.144. The molecule has 1 aromatic rings. The second kappa shape index (κ2) is 15.0. The third-order valence-corrected chi connectivity index (χ3v) is 8.71. The summed E-state index contributed by atoms with van der Waals surface area (Å²) in [6.07, 6.45) is 5.91. The maximum Gasteiger partial charge on any atom is 0.407 e. The van der Waals surface area contributed by atoms with Crippen LogP contribution < -0.4 is 0 Å². The van der Waals surface area contributed by atoms with E-state index in [9.17, 15) is 19.5 Å². The second-order valence-corrected chi connectivity index (χ2v) is 15.1. The van der Waals surface area contributed by atoms with Crippen molar-refractivity contribution in [2.24, 2.45) is 17.3 Å². The van der Waals surface area contributed by atoms with Gasteiger partial charge >= 0.3 is 6.09 Å². The fourth-order valence-electron chi connectivity index (χ4n) is 6.60. The minimum atomic E-state index is -1.07. The fraction of sp³-hybridized carbons (Fsp3) is 0.794. The average Bonchev–Trinajstić information content (AvgIpc) is 2.96. The highest BCUT2D eigenvalue weighted by atomic mass is 16.5. The molecular formula is C34H57N5O5.